The van der Waals surface area contributed by atoms with Gasteiger partial charge in [0.05, 0.1) is 6.61 Å². The molecule has 0 spiro atoms. The number of hydrogen-bond acceptors (Lipinski definition) is 3. The molecule has 0 saturated carbocycles. The molecule has 0 aromatic heterocycles. The number of unbranched alkanes of at least 4 members (excludes halogenated alkanes) is 5. The largest absolute Gasteiger partial charge is 0.465 e. The Kier molecular flexibility index (Phi) is 7.76. The van der Waals surface area contributed by atoms with Gasteiger partial charge in [-0.3, -0.25) is 4.79 Å². The van der Waals surface area contributed by atoms with Crippen molar-refractivity contribution in [1.82, 2.24) is 0 Å². The number of benzene rings is 2. The molecule has 24 heavy (non-hydrogen) atoms. The minimum absolute atomic E-state index is 0.295. The Bertz CT molecular complexity index is 639. The summed E-state index contributed by atoms with van der Waals surface area (Å²) in [6, 6.07) is 13.8. The number of nitrogens with two attached hydrogens (primary N) is 1. The number of carbonyl (C=O) groups is 1. The minimum Gasteiger partial charge on any atom is -0.465 e. The van der Waals surface area contributed by atoms with E-state index in [2.05, 4.69) is 31.2 Å². The fourth-order valence-corrected chi connectivity index (χ4v) is 2.87. The topological polar surface area (TPSA) is 52.3 Å². The maximum atomic E-state index is 12.0. The lowest BCUT2D eigenvalue weighted by Gasteiger charge is -2.12. The van der Waals surface area contributed by atoms with Gasteiger partial charge in [0, 0.05) is 0 Å². The van der Waals surface area contributed by atoms with E-state index in [4.69, 9.17) is 10.5 Å². The van der Waals surface area contributed by atoms with Gasteiger partial charge in [-0.15, -0.1) is 0 Å². The van der Waals surface area contributed by atoms with Crippen LogP contribution < -0.4 is 5.73 Å². The second kappa shape index (κ2) is 10.1. The number of ether oxygens (including phenoxy) is 1. The Hall–Kier alpha value is -1.87. The molecule has 0 bridgehead atoms. The predicted octanol–water partition coefficient (Wildman–Crippen LogP) is 4.61. The maximum absolute atomic E-state index is 12.0. The number of rotatable bonds is 10. The highest BCUT2D eigenvalue weighted by atomic mass is 16.5. The van der Waals surface area contributed by atoms with Crippen LogP contribution in [0.2, 0.25) is 0 Å². The van der Waals surface area contributed by atoms with Gasteiger partial charge in [-0.2, -0.15) is 0 Å². The van der Waals surface area contributed by atoms with E-state index in [9.17, 15) is 4.79 Å². The van der Waals surface area contributed by atoms with E-state index < -0.39 is 6.04 Å². The summed E-state index contributed by atoms with van der Waals surface area (Å²) in [5.41, 5.74) is 7.07. The summed E-state index contributed by atoms with van der Waals surface area (Å²) in [5.74, 6) is -0.295. The van der Waals surface area contributed by atoms with Crippen LogP contribution in [-0.4, -0.2) is 18.6 Å². The van der Waals surface area contributed by atoms with Gasteiger partial charge in [0.15, 0.2) is 0 Å². The minimum atomic E-state index is -0.591. The van der Waals surface area contributed by atoms with Crippen LogP contribution >= 0.6 is 0 Å². The lowest BCUT2D eigenvalue weighted by Crippen LogP contribution is -2.34. The van der Waals surface area contributed by atoms with Crippen molar-refractivity contribution >= 4 is 16.7 Å². The van der Waals surface area contributed by atoms with Crippen LogP contribution in [0, 0.1) is 0 Å². The van der Waals surface area contributed by atoms with Gasteiger partial charge in [-0.1, -0.05) is 81.5 Å². The lowest BCUT2D eigenvalue weighted by molar-refractivity contribution is -0.145. The van der Waals surface area contributed by atoms with Crippen LogP contribution in [0.25, 0.3) is 10.8 Å². The molecule has 130 valence electrons. The third-order valence-electron chi connectivity index (χ3n) is 4.31. The summed E-state index contributed by atoms with van der Waals surface area (Å²) in [4.78, 5) is 12.0. The van der Waals surface area contributed by atoms with Crippen LogP contribution in [0.1, 0.15) is 51.0 Å². The summed E-state index contributed by atoms with van der Waals surface area (Å²) in [6.07, 6.45) is 7.58. The highest BCUT2D eigenvalue weighted by molar-refractivity contribution is 5.83. The SMILES string of the molecule is CCCCCCCCOC(=O)C(N)Cc1ccc2ccccc2c1. The van der Waals surface area contributed by atoms with Crippen molar-refractivity contribution in [3.8, 4) is 0 Å². The van der Waals surface area contributed by atoms with Gasteiger partial charge < -0.3 is 10.5 Å². The first-order valence-corrected chi connectivity index (χ1v) is 9.10. The van der Waals surface area contributed by atoms with E-state index in [0.29, 0.717) is 13.0 Å². The molecule has 3 heteroatoms. The van der Waals surface area contributed by atoms with Gasteiger partial charge >= 0.3 is 5.97 Å². The third kappa shape index (κ3) is 5.97. The molecule has 3 nitrogen and oxygen atoms in total. The van der Waals surface area contributed by atoms with Crippen molar-refractivity contribution in [3.63, 3.8) is 0 Å². The summed E-state index contributed by atoms with van der Waals surface area (Å²) in [7, 11) is 0. The quantitative estimate of drug-likeness (QED) is 0.512. The van der Waals surface area contributed by atoms with Gasteiger partial charge in [-0.25, -0.2) is 0 Å². The third-order valence-corrected chi connectivity index (χ3v) is 4.31. The highest BCUT2D eigenvalue weighted by Gasteiger charge is 2.15. The summed E-state index contributed by atoms with van der Waals surface area (Å²) in [6.45, 7) is 2.69. The summed E-state index contributed by atoms with van der Waals surface area (Å²) in [5, 5.41) is 2.36. The Morgan fingerprint density at radius 2 is 1.71 bits per heavy atom. The Morgan fingerprint density at radius 1 is 1.00 bits per heavy atom. The number of carbonyl (C=O) groups excluding carboxylic acids is 1. The zero-order valence-electron chi connectivity index (χ0n) is 14.7. The Balaban J connectivity index is 1.72. The maximum Gasteiger partial charge on any atom is 0.323 e. The van der Waals surface area contributed by atoms with Crippen LogP contribution in [0.5, 0.6) is 0 Å². The molecule has 2 aromatic rings. The monoisotopic (exact) mass is 327 g/mol. The fraction of sp³-hybridized carbons (Fsp3) is 0.476. The van der Waals surface area contributed by atoms with Crippen molar-refractivity contribution in [1.29, 1.82) is 0 Å². The molecule has 2 N–H and O–H groups in total. The average Bonchev–Trinajstić information content (AvgIpc) is 2.60. The second-order valence-electron chi connectivity index (χ2n) is 6.43. The lowest BCUT2D eigenvalue weighted by atomic mass is 10.0. The van der Waals surface area contributed by atoms with Crippen molar-refractivity contribution in [2.24, 2.45) is 5.73 Å². The predicted molar refractivity (Wildman–Crippen MR) is 100.0 cm³/mol. The summed E-state index contributed by atoms with van der Waals surface area (Å²) >= 11 is 0. The van der Waals surface area contributed by atoms with Crippen molar-refractivity contribution < 1.29 is 9.53 Å². The molecule has 0 radical (unpaired) electrons. The van der Waals surface area contributed by atoms with E-state index >= 15 is 0 Å². The summed E-state index contributed by atoms with van der Waals surface area (Å²) < 4.78 is 5.31. The molecule has 0 aliphatic carbocycles. The molecule has 0 aliphatic heterocycles. The smallest absolute Gasteiger partial charge is 0.323 e. The molecule has 2 rings (SSSR count). The zero-order chi connectivity index (χ0) is 17.2. The molecule has 1 unspecified atom stereocenters. The normalized spacial score (nSPS) is 12.2. The van der Waals surface area contributed by atoms with E-state index in [0.717, 1.165) is 18.4 Å². The Labute approximate surface area is 145 Å². The van der Waals surface area contributed by atoms with Gasteiger partial charge in [0.2, 0.25) is 0 Å². The Morgan fingerprint density at radius 3 is 2.50 bits per heavy atom. The van der Waals surface area contributed by atoms with E-state index in [1.807, 2.05) is 18.2 Å². The molecule has 0 aliphatic rings. The first kappa shape index (κ1) is 18.5. The van der Waals surface area contributed by atoms with E-state index in [1.54, 1.807) is 0 Å². The highest BCUT2D eigenvalue weighted by Crippen LogP contribution is 2.16. The number of hydrogen-bond donors (Lipinski definition) is 1. The first-order valence-electron chi connectivity index (χ1n) is 9.10. The number of esters is 1. The standard InChI is InChI=1S/C21H29NO2/c1-2-3-4-5-6-9-14-24-21(23)20(22)16-17-12-13-18-10-7-8-11-19(18)15-17/h7-8,10-13,15,20H,2-6,9,14,16,22H2,1H3. The van der Waals surface area contributed by atoms with E-state index in [-0.39, 0.29) is 5.97 Å². The van der Waals surface area contributed by atoms with Crippen LogP contribution in [-0.2, 0) is 16.0 Å². The zero-order valence-corrected chi connectivity index (χ0v) is 14.7. The van der Waals surface area contributed by atoms with Gasteiger partial charge in [-0.05, 0) is 29.2 Å². The average molecular weight is 327 g/mol. The fourth-order valence-electron chi connectivity index (χ4n) is 2.87. The van der Waals surface area contributed by atoms with Crippen LogP contribution in [0.15, 0.2) is 42.5 Å². The van der Waals surface area contributed by atoms with Crippen molar-refractivity contribution in [3.05, 3.63) is 48.0 Å². The van der Waals surface area contributed by atoms with Crippen molar-refractivity contribution in [2.75, 3.05) is 6.61 Å². The number of fused-ring (bicyclic) bond motifs is 1. The van der Waals surface area contributed by atoms with Crippen molar-refractivity contribution in [2.45, 2.75) is 57.9 Å². The molecule has 0 saturated heterocycles. The molecular formula is C21H29NO2. The molecule has 0 amide bonds. The first-order chi connectivity index (χ1) is 11.7. The van der Waals surface area contributed by atoms with Crippen LogP contribution in [0.3, 0.4) is 0 Å². The van der Waals surface area contributed by atoms with Crippen LogP contribution in [0.4, 0.5) is 0 Å². The molecular weight excluding hydrogens is 298 g/mol. The second-order valence-corrected chi connectivity index (χ2v) is 6.43. The molecule has 1 atom stereocenters. The molecule has 0 fully saturated rings. The van der Waals surface area contributed by atoms with Gasteiger partial charge in [0.25, 0.3) is 0 Å². The van der Waals surface area contributed by atoms with E-state index in [1.165, 1.54) is 36.5 Å². The molecule has 2 aromatic carbocycles. The molecule has 0 heterocycles. The van der Waals surface area contributed by atoms with Gasteiger partial charge in [0.1, 0.15) is 6.04 Å².